The Morgan fingerprint density at radius 1 is 1.48 bits per heavy atom. The third kappa shape index (κ3) is 2.31. The van der Waals surface area contributed by atoms with Crippen molar-refractivity contribution in [3.8, 4) is 0 Å². The summed E-state index contributed by atoms with van der Waals surface area (Å²) in [6.45, 7) is 0.621. The molecule has 0 unspecified atom stereocenters. The molecule has 8 heteroatoms. The minimum absolute atomic E-state index is 0.0708. The molecule has 0 amide bonds. The predicted octanol–water partition coefficient (Wildman–Crippen LogP) is 3.87. The lowest BCUT2D eigenvalue weighted by molar-refractivity contribution is 0.0911. The van der Waals surface area contributed by atoms with Crippen molar-refractivity contribution in [3.63, 3.8) is 0 Å². The lowest BCUT2D eigenvalue weighted by Crippen LogP contribution is -2.16. The summed E-state index contributed by atoms with van der Waals surface area (Å²) in [6.07, 6.45) is 5.78. The first kappa shape index (κ1) is 16.9. The van der Waals surface area contributed by atoms with Crippen LogP contribution in [0.2, 0.25) is 5.02 Å². The van der Waals surface area contributed by atoms with Crippen LogP contribution >= 0.6 is 23.8 Å². The predicted molar refractivity (Wildman–Crippen MR) is 101 cm³/mol. The number of fused-ring (bicyclic) bond motifs is 3. The van der Waals surface area contributed by atoms with E-state index in [1.165, 1.54) is 17.0 Å². The molecule has 2 aromatic heterocycles. The van der Waals surface area contributed by atoms with Crippen molar-refractivity contribution in [1.82, 2.24) is 18.7 Å². The fourth-order valence-electron chi connectivity index (χ4n) is 4.50. The second-order valence-electron chi connectivity index (χ2n) is 7.34. The maximum Gasteiger partial charge on any atom is 0.237 e. The molecule has 1 aromatic carbocycles. The SMILES string of the molecule is Cn1c(CC(=O)n2ccnc2)c2n(c1=S)C[C@@]1(c3cc(Cl)ccc3F)C[C@@H]21. The maximum absolute atomic E-state index is 14.5. The lowest BCUT2D eigenvalue weighted by Gasteiger charge is -2.15. The van der Waals surface area contributed by atoms with Crippen LogP contribution in [0.25, 0.3) is 0 Å². The largest absolute Gasteiger partial charge is 0.323 e. The zero-order valence-corrected chi connectivity index (χ0v) is 16.1. The molecule has 138 valence electrons. The summed E-state index contributed by atoms with van der Waals surface area (Å²) in [6, 6.07) is 4.72. The van der Waals surface area contributed by atoms with Gasteiger partial charge in [-0.1, -0.05) is 11.6 Å². The minimum Gasteiger partial charge on any atom is -0.323 e. The topological polar surface area (TPSA) is 44.8 Å². The standard InChI is InChI=1S/C19H16ClFN4OS/c1-23-15(7-16(26)24-5-4-22-10-24)17-13-8-19(13,9-25(17)18(23)27)12-6-11(20)2-3-14(12)21/h2-6,10,13H,7-9H2,1H3/t13-,19+/m0/s1. The summed E-state index contributed by atoms with van der Waals surface area (Å²) < 4.78 is 20.6. The molecular formula is C19H16ClFN4OS. The second-order valence-corrected chi connectivity index (χ2v) is 8.14. The molecule has 0 bridgehead atoms. The first-order valence-corrected chi connectivity index (χ1v) is 9.46. The molecule has 3 heterocycles. The van der Waals surface area contributed by atoms with Crippen molar-refractivity contribution >= 4 is 29.7 Å². The van der Waals surface area contributed by atoms with E-state index in [4.69, 9.17) is 23.8 Å². The average molecular weight is 403 g/mol. The third-order valence-electron chi connectivity index (χ3n) is 5.93. The van der Waals surface area contributed by atoms with Crippen LogP contribution < -0.4 is 0 Å². The van der Waals surface area contributed by atoms with E-state index < -0.39 is 0 Å². The highest BCUT2D eigenvalue weighted by Gasteiger charge is 2.63. The minimum atomic E-state index is -0.307. The number of aromatic nitrogens is 4. The van der Waals surface area contributed by atoms with Crippen LogP contribution in [0.1, 0.15) is 34.1 Å². The lowest BCUT2D eigenvalue weighted by atomic mass is 9.93. The van der Waals surface area contributed by atoms with E-state index in [2.05, 4.69) is 9.55 Å². The molecule has 0 saturated heterocycles. The number of hydrogen-bond acceptors (Lipinski definition) is 3. The van der Waals surface area contributed by atoms with Gasteiger partial charge in [0.15, 0.2) is 4.77 Å². The van der Waals surface area contributed by atoms with E-state index in [0.717, 1.165) is 17.8 Å². The van der Waals surface area contributed by atoms with Gasteiger partial charge in [0, 0.05) is 53.7 Å². The highest BCUT2D eigenvalue weighted by molar-refractivity contribution is 7.71. The number of carbonyl (C=O) groups is 1. The van der Waals surface area contributed by atoms with Gasteiger partial charge in [-0.15, -0.1) is 0 Å². The van der Waals surface area contributed by atoms with Gasteiger partial charge in [-0.2, -0.15) is 0 Å². The van der Waals surface area contributed by atoms with Gasteiger partial charge in [0.05, 0.1) is 6.42 Å². The van der Waals surface area contributed by atoms with Crippen LogP contribution in [0, 0.1) is 10.6 Å². The zero-order valence-electron chi connectivity index (χ0n) is 14.5. The number of nitrogens with zero attached hydrogens (tertiary/aromatic N) is 4. The molecule has 1 aliphatic carbocycles. The van der Waals surface area contributed by atoms with Gasteiger partial charge in [0.25, 0.3) is 0 Å². The van der Waals surface area contributed by atoms with Crippen LogP contribution in [0.3, 0.4) is 0 Å². The molecule has 0 N–H and O–H groups in total. The van der Waals surface area contributed by atoms with E-state index in [1.807, 2.05) is 11.6 Å². The van der Waals surface area contributed by atoms with Crippen molar-refractivity contribution in [2.45, 2.75) is 30.7 Å². The first-order valence-electron chi connectivity index (χ1n) is 8.67. The normalized spacial score (nSPS) is 22.6. The van der Waals surface area contributed by atoms with Crippen LogP contribution in [0.15, 0.2) is 36.9 Å². The van der Waals surface area contributed by atoms with Gasteiger partial charge in [0.1, 0.15) is 12.1 Å². The van der Waals surface area contributed by atoms with E-state index >= 15 is 0 Å². The Morgan fingerprint density at radius 2 is 2.30 bits per heavy atom. The fourth-order valence-corrected chi connectivity index (χ4v) is 4.95. The Labute approximate surface area is 165 Å². The number of rotatable bonds is 3. The van der Waals surface area contributed by atoms with Gasteiger partial charge in [-0.3, -0.25) is 9.36 Å². The van der Waals surface area contributed by atoms with Crippen molar-refractivity contribution in [3.05, 3.63) is 69.5 Å². The highest BCUT2D eigenvalue weighted by Crippen LogP contribution is 2.66. The van der Waals surface area contributed by atoms with Crippen LogP contribution in [0.4, 0.5) is 4.39 Å². The molecule has 3 aromatic rings. The van der Waals surface area contributed by atoms with Crippen molar-refractivity contribution in [2.75, 3.05) is 0 Å². The highest BCUT2D eigenvalue weighted by atomic mass is 35.5. The molecule has 1 saturated carbocycles. The zero-order chi connectivity index (χ0) is 18.9. The molecule has 0 spiro atoms. The van der Waals surface area contributed by atoms with Gasteiger partial charge < -0.3 is 9.13 Å². The Bertz CT molecular complexity index is 1150. The Hall–Kier alpha value is -2.25. The van der Waals surface area contributed by atoms with Crippen LogP contribution in [0.5, 0.6) is 0 Å². The molecule has 2 aliphatic rings. The van der Waals surface area contributed by atoms with E-state index in [0.29, 0.717) is 21.9 Å². The third-order valence-corrected chi connectivity index (χ3v) is 6.66. The number of imidazole rings is 2. The summed E-state index contributed by atoms with van der Waals surface area (Å²) in [5, 5.41) is 0.530. The summed E-state index contributed by atoms with van der Waals surface area (Å²) in [7, 11) is 1.88. The Balaban J connectivity index is 1.56. The van der Waals surface area contributed by atoms with Gasteiger partial charge >= 0.3 is 0 Å². The smallest absolute Gasteiger partial charge is 0.237 e. The second kappa shape index (κ2) is 5.62. The molecule has 0 radical (unpaired) electrons. The van der Waals surface area contributed by atoms with Gasteiger partial charge in [-0.25, -0.2) is 9.37 Å². The van der Waals surface area contributed by atoms with E-state index in [1.54, 1.807) is 24.5 Å². The first-order chi connectivity index (χ1) is 12.9. The average Bonchev–Trinajstić information content (AvgIpc) is 3.00. The summed E-state index contributed by atoms with van der Waals surface area (Å²) in [4.78, 5) is 16.5. The Morgan fingerprint density at radius 3 is 3.04 bits per heavy atom. The molecule has 5 nitrogen and oxygen atoms in total. The molecular weight excluding hydrogens is 387 g/mol. The van der Waals surface area contributed by atoms with Crippen molar-refractivity contribution < 1.29 is 9.18 Å². The maximum atomic E-state index is 14.5. The van der Waals surface area contributed by atoms with Crippen LogP contribution in [-0.2, 0) is 25.4 Å². The Kier molecular flexibility index (Phi) is 3.52. The number of benzene rings is 1. The number of hydrogen-bond donors (Lipinski definition) is 0. The number of halogens is 2. The summed E-state index contributed by atoms with van der Waals surface area (Å²) in [5.74, 6) is -0.156. The van der Waals surface area contributed by atoms with Crippen molar-refractivity contribution in [2.24, 2.45) is 7.05 Å². The molecule has 27 heavy (non-hydrogen) atoms. The number of carbonyl (C=O) groups excluding carboxylic acids is 1. The summed E-state index contributed by atoms with van der Waals surface area (Å²) >= 11 is 11.7. The monoisotopic (exact) mass is 402 g/mol. The van der Waals surface area contributed by atoms with E-state index in [9.17, 15) is 9.18 Å². The quantitative estimate of drug-likeness (QED) is 0.625. The molecule has 5 rings (SSSR count). The van der Waals surface area contributed by atoms with Gasteiger partial charge in [-0.05, 0) is 42.4 Å². The fraction of sp³-hybridized carbons (Fsp3) is 0.316. The van der Waals surface area contributed by atoms with Crippen LogP contribution in [-0.4, -0.2) is 24.6 Å². The molecule has 2 atom stereocenters. The van der Waals surface area contributed by atoms with Crippen molar-refractivity contribution in [1.29, 1.82) is 0 Å². The van der Waals surface area contributed by atoms with Gasteiger partial charge in [0.2, 0.25) is 5.91 Å². The van der Waals surface area contributed by atoms with E-state index in [-0.39, 0.29) is 29.5 Å². The molecule has 1 fully saturated rings. The summed E-state index contributed by atoms with van der Waals surface area (Å²) in [5.41, 5.74) is 2.28. The molecule has 1 aliphatic heterocycles.